The minimum Gasteiger partial charge on any atom is -0.348 e. The van der Waals surface area contributed by atoms with Crippen molar-refractivity contribution in [3.05, 3.63) is 30.1 Å². The lowest BCUT2D eigenvalue weighted by Crippen LogP contribution is -2.36. The van der Waals surface area contributed by atoms with Gasteiger partial charge in [0.15, 0.2) is 0 Å². The Balaban J connectivity index is 1.63. The van der Waals surface area contributed by atoms with Gasteiger partial charge in [0.05, 0.1) is 24.0 Å². The number of carbonyl (C=O) groups is 1. The zero-order valence-corrected chi connectivity index (χ0v) is 12.8. The number of nitrogens with one attached hydrogen (secondary N) is 2. The molecule has 118 valence electrons. The highest BCUT2D eigenvalue weighted by atomic mass is 16.1. The zero-order chi connectivity index (χ0) is 15.4. The third-order valence-electron chi connectivity index (χ3n) is 4.23. The van der Waals surface area contributed by atoms with Crippen molar-refractivity contribution in [1.82, 2.24) is 30.3 Å². The number of aromatic amines is 1. The summed E-state index contributed by atoms with van der Waals surface area (Å²) in [7, 11) is 0. The fourth-order valence-corrected chi connectivity index (χ4v) is 3.13. The molecule has 0 spiro atoms. The number of rotatable bonds is 5. The lowest BCUT2D eigenvalue weighted by molar-refractivity contribution is 0.0934. The lowest BCUT2D eigenvalue weighted by Gasteiger charge is -2.21. The van der Waals surface area contributed by atoms with Crippen LogP contribution in [0.5, 0.6) is 0 Å². The first-order chi connectivity index (χ1) is 10.7. The van der Waals surface area contributed by atoms with E-state index >= 15 is 0 Å². The predicted molar refractivity (Wildman–Crippen MR) is 81.4 cm³/mol. The number of nitrogens with zero attached hydrogens (tertiary/aromatic N) is 4. The Kier molecular flexibility index (Phi) is 4.50. The summed E-state index contributed by atoms with van der Waals surface area (Å²) >= 11 is 0. The molecule has 2 N–H and O–H groups in total. The van der Waals surface area contributed by atoms with Gasteiger partial charge in [-0.15, -0.1) is 0 Å². The largest absolute Gasteiger partial charge is 0.348 e. The van der Waals surface area contributed by atoms with E-state index in [1.165, 1.54) is 25.6 Å². The number of carbonyl (C=O) groups excluding carboxylic acids is 1. The Bertz CT molecular complexity index is 599. The molecule has 1 fully saturated rings. The van der Waals surface area contributed by atoms with Crippen LogP contribution in [0.15, 0.2) is 18.9 Å². The molecule has 0 aliphatic heterocycles. The van der Waals surface area contributed by atoms with Gasteiger partial charge in [0.2, 0.25) is 0 Å². The number of aromatic nitrogens is 5. The molecule has 1 amide bonds. The van der Waals surface area contributed by atoms with Crippen molar-refractivity contribution in [2.75, 3.05) is 0 Å². The average Bonchev–Trinajstić information content (AvgIpc) is 3.18. The molecule has 0 saturated heterocycles. The Morgan fingerprint density at radius 1 is 1.45 bits per heavy atom. The molecule has 7 heteroatoms. The lowest BCUT2D eigenvalue weighted by atomic mass is 9.85. The number of hydrogen-bond donors (Lipinski definition) is 2. The molecule has 2 aromatic rings. The highest BCUT2D eigenvalue weighted by Gasteiger charge is 2.24. The smallest absolute Gasteiger partial charge is 0.255 e. The van der Waals surface area contributed by atoms with Crippen LogP contribution < -0.4 is 5.32 Å². The SMILES string of the molecule is C[C@H](Cn1cncn1)NC(=O)c1cn[nH]c1C1CCCCC1. The van der Waals surface area contributed by atoms with Crippen molar-refractivity contribution < 1.29 is 4.79 Å². The summed E-state index contributed by atoms with van der Waals surface area (Å²) in [6, 6.07) is -0.0247. The molecule has 1 saturated carbocycles. The number of H-pyrrole nitrogens is 1. The van der Waals surface area contributed by atoms with Crippen LogP contribution in [0.3, 0.4) is 0 Å². The van der Waals surface area contributed by atoms with Gasteiger partial charge in [0, 0.05) is 12.0 Å². The van der Waals surface area contributed by atoms with Crippen molar-refractivity contribution in [2.45, 2.75) is 57.5 Å². The fraction of sp³-hybridized carbons (Fsp3) is 0.600. The molecule has 1 atom stereocenters. The van der Waals surface area contributed by atoms with E-state index in [2.05, 4.69) is 25.6 Å². The van der Waals surface area contributed by atoms with Crippen molar-refractivity contribution >= 4 is 5.91 Å². The van der Waals surface area contributed by atoms with Gasteiger partial charge < -0.3 is 5.32 Å². The third kappa shape index (κ3) is 3.35. The summed E-state index contributed by atoms with van der Waals surface area (Å²) in [5, 5.41) is 14.2. The van der Waals surface area contributed by atoms with Crippen LogP contribution >= 0.6 is 0 Å². The van der Waals surface area contributed by atoms with Crippen LogP contribution in [0, 0.1) is 0 Å². The van der Waals surface area contributed by atoms with E-state index in [-0.39, 0.29) is 11.9 Å². The van der Waals surface area contributed by atoms with Gasteiger partial charge in [0.1, 0.15) is 12.7 Å². The van der Waals surface area contributed by atoms with Crippen molar-refractivity contribution in [3.8, 4) is 0 Å². The van der Waals surface area contributed by atoms with Gasteiger partial charge in [-0.1, -0.05) is 19.3 Å². The molecule has 1 aliphatic rings. The quantitative estimate of drug-likeness (QED) is 0.882. The summed E-state index contributed by atoms with van der Waals surface area (Å²) in [6.45, 7) is 2.56. The summed E-state index contributed by atoms with van der Waals surface area (Å²) < 4.78 is 1.71. The van der Waals surface area contributed by atoms with E-state index in [4.69, 9.17) is 0 Å². The monoisotopic (exact) mass is 302 g/mol. The predicted octanol–water partition coefficient (Wildman–Crippen LogP) is 1.87. The summed E-state index contributed by atoms with van der Waals surface area (Å²) in [5.41, 5.74) is 1.67. The highest BCUT2D eigenvalue weighted by Crippen LogP contribution is 2.33. The standard InChI is InChI=1S/C15H22N6O/c1-11(8-21-10-16-9-18-21)19-15(22)13-7-17-20-14(13)12-5-3-2-4-6-12/h7,9-12H,2-6,8H2,1H3,(H,17,20)(H,19,22)/t11-/m1/s1. The maximum absolute atomic E-state index is 12.5. The van der Waals surface area contributed by atoms with Gasteiger partial charge in [-0.3, -0.25) is 14.6 Å². The van der Waals surface area contributed by atoms with Crippen molar-refractivity contribution in [3.63, 3.8) is 0 Å². The van der Waals surface area contributed by atoms with E-state index < -0.39 is 0 Å². The molecule has 2 aromatic heterocycles. The normalized spacial score (nSPS) is 17.3. The summed E-state index contributed by atoms with van der Waals surface area (Å²) in [5.74, 6) is 0.365. The van der Waals surface area contributed by atoms with E-state index in [0.717, 1.165) is 18.5 Å². The molecule has 22 heavy (non-hydrogen) atoms. The van der Waals surface area contributed by atoms with Crippen LogP contribution in [-0.4, -0.2) is 36.9 Å². The maximum atomic E-state index is 12.5. The Morgan fingerprint density at radius 3 is 3.00 bits per heavy atom. The van der Waals surface area contributed by atoms with Gasteiger partial charge in [-0.2, -0.15) is 10.2 Å². The van der Waals surface area contributed by atoms with E-state index in [9.17, 15) is 4.79 Å². The van der Waals surface area contributed by atoms with Crippen LogP contribution in [-0.2, 0) is 6.54 Å². The van der Waals surface area contributed by atoms with Gasteiger partial charge in [-0.05, 0) is 19.8 Å². The third-order valence-corrected chi connectivity index (χ3v) is 4.23. The second kappa shape index (κ2) is 6.72. The highest BCUT2D eigenvalue weighted by molar-refractivity contribution is 5.95. The molecule has 2 heterocycles. The number of amides is 1. The summed E-state index contributed by atoms with van der Waals surface area (Å²) in [4.78, 5) is 16.4. The zero-order valence-electron chi connectivity index (χ0n) is 12.8. The van der Waals surface area contributed by atoms with Gasteiger partial charge in [0.25, 0.3) is 5.91 Å². The summed E-state index contributed by atoms with van der Waals surface area (Å²) in [6.07, 6.45) is 10.8. The number of hydrogen-bond acceptors (Lipinski definition) is 4. The molecule has 1 aliphatic carbocycles. The van der Waals surface area contributed by atoms with E-state index in [1.54, 1.807) is 17.2 Å². The van der Waals surface area contributed by atoms with E-state index in [1.807, 2.05) is 6.92 Å². The van der Waals surface area contributed by atoms with Gasteiger partial charge >= 0.3 is 0 Å². The first kappa shape index (κ1) is 14.7. The minimum absolute atomic E-state index is 0.0247. The molecule has 0 bridgehead atoms. The maximum Gasteiger partial charge on any atom is 0.255 e. The fourth-order valence-electron chi connectivity index (χ4n) is 3.13. The minimum atomic E-state index is -0.0676. The molecule has 0 unspecified atom stereocenters. The van der Waals surface area contributed by atoms with Crippen LogP contribution in [0.25, 0.3) is 0 Å². The molecular formula is C15H22N6O. The molecular weight excluding hydrogens is 280 g/mol. The molecule has 7 nitrogen and oxygen atoms in total. The second-order valence-electron chi connectivity index (χ2n) is 6.02. The van der Waals surface area contributed by atoms with Gasteiger partial charge in [-0.25, -0.2) is 4.98 Å². The van der Waals surface area contributed by atoms with Crippen LogP contribution in [0.4, 0.5) is 0 Å². The topological polar surface area (TPSA) is 88.5 Å². The molecule has 3 rings (SSSR count). The molecule has 0 aromatic carbocycles. The Morgan fingerprint density at radius 2 is 2.27 bits per heavy atom. The first-order valence-electron chi connectivity index (χ1n) is 7.90. The Hall–Kier alpha value is -2.18. The average molecular weight is 302 g/mol. The first-order valence-corrected chi connectivity index (χ1v) is 7.90. The van der Waals surface area contributed by atoms with E-state index in [0.29, 0.717) is 18.0 Å². The van der Waals surface area contributed by atoms with Crippen LogP contribution in [0.1, 0.15) is 61.0 Å². The van der Waals surface area contributed by atoms with Crippen LogP contribution in [0.2, 0.25) is 0 Å². The van der Waals surface area contributed by atoms with Crippen molar-refractivity contribution in [2.24, 2.45) is 0 Å². The second-order valence-corrected chi connectivity index (χ2v) is 6.02. The molecule has 0 radical (unpaired) electrons. The Labute approximate surface area is 129 Å². The van der Waals surface area contributed by atoms with Crippen molar-refractivity contribution in [1.29, 1.82) is 0 Å².